The number of carbonyl (C=O) groups excluding carboxylic acids is 1. The van der Waals surface area contributed by atoms with Gasteiger partial charge < -0.3 is 14.7 Å². The van der Waals surface area contributed by atoms with Crippen LogP contribution in [0.2, 0.25) is 0 Å². The Bertz CT molecular complexity index is 476. The summed E-state index contributed by atoms with van der Waals surface area (Å²) in [6, 6.07) is 9.90. The summed E-state index contributed by atoms with van der Waals surface area (Å²) in [4.78, 5) is 14.2. The molecule has 1 amide bonds. The molecule has 1 aliphatic heterocycles. The van der Waals surface area contributed by atoms with E-state index in [1.807, 2.05) is 35.2 Å². The Kier molecular flexibility index (Phi) is 4.44. The van der Waals surface area contributed by atoms with Crippen molar-refractivity contribution in [1.29, 1.82) is 0 Å². The maximum atomic E-state index is 12.4. The molecule has 4 nitrogen and oxygen atoms in total. The van der Waals surface area contributed by atoms with Gasteiger partial charge in [-0.2, -0.15) is 0 Å². The van der Waals surface area contributed by atoms with E-state index in [0.29, 0.717) is 18.9 Å². The van der Waals surface area contributed by atoms with E-state index in [-0.39, 0.29) is 18.2 Å². The second-order valence-corrected chi connectivity index (χ2v) is 6.17. The van der Waals surface area contributed by atoms with Crippen LogP contribution in [0.3, 0.4) is 0 Å². The predicted molar refractivity (Wildman–Crippen MR) is 79.7 cm³/mol. The van der Waals surface area contributed by atoms with Gasteiger partial charge in [-0.25, -0.2) is 4.79 Å². The number of hydrogen-bond donors (Lipinski definition) is 1. The van der Waals surface area contributed by atoms with Gasteiger partial charge in [-0.3, -0.25) is 0 Å². The minimum atomic E-state index is -0.270. The zero-order chi connectivity index (χ0) is 14.7. The maximum absolute atomic E-state index is 12.4. The number of carbonyl (C=O) groups is 1. The van der Waals surface area contributed by atoms with Crippen molar-refractivity contribution in [2.45, 2.75) is 50.9 Å². The van der Waals surface area contributed by atoms with Crippen LogP contribution in [-0.2, 0) is 11.3 Å². The van der Waals surface area contributed by atoms with Crippen molar-refractivity contribution in [3.8, 4) is 0 Å². The molecule has 0 radical (unpaired) electrons. The Hall–Kier alpha value is -1.55. The Balaban J connectivity index is 1.60. The lowest BCUT2D eigenvalue weighted by atomic mass is 9.77. The molecule has 2 aliphatic rings. The number of piperidine rings is 1. The Labute approximate surface area is 125 Å². The molecule has 1 aliphatic carbocycles. The molecule has 0 bridgehead atoms. The minimum absolute atomic E-state index is 0.158. The number of rotatable bonds is 2. The summed E-state index contributed by atoms with van der Waals surface area (Å²) in [5.74, 6) is 0.534. The number of amides is 1. The van der Waals surface area contributed by atoms with E-state index in [9.17, 15) is 9.90 Å². The highest BCUT2D eigenvalue weighted by molar-refractivity contribution is 5.68. The molecule has 1 saturated carbocycles. The fraction of sp³-hybridized carbons (Fsp3) is 0.588. The normalized spacial score (nSPS) is 28.8. The molecule has 0 aromatic heterocycles. The number of likely N-dealkylation sites (tertiary alicyclic amines) is 1. The molecule has 1 N–H and O–H groups in total. The van der Waals surface area contributed by atoms with Gasteiger partial charge in [-0.05, 0) is 43.6 Å². The number of aliphatic hydroxyl groups is 1. The van der Waals surface area contributed by atoms with Gasteiger partial charge in [-0.1, -0.05) is 30.3 Å². The molecule has 0 spiro atoms. The summed E-state index contributed by atoms with van der Waals surface area (Å²) in [6.07, 6.45) is 4.29. The molecule has 4 heteroatoms. The summed E-state index contributed by atoms with van der Waals surface area (Å²) in [5, 5.41) is 9.88. The second-order valence-electron chi connectivity index (χ2n) is 6.17. The zero-order valence-electron chi connectivity index (χ0n) is 12.3. The second kappa shape index (κ2) is 6.48. The average Bonchev–Trinajstić information content (AvgIpc) is 2.53. The molecular formula is C17H23NO3. The lowest BCUT2D eigenvalue weighted by molar-refractivity contribution is -0.00237. The number of hydrogen-bond acceptors (Lipinski definition) is 3. The summed E-state index contributed by atoms with van der Waals surface area (Å²) >= 11 is 0. The highest BCUT2D eigenvalue weighted by Gasteiger charge is 2.39. The van der Waals surface area contributed by atoms with Gasteiger partial charge in [0.1, 0.15) is 6.61 Å². The first-order valence-corrected chi connectivity index (χ1v) is 7.89. The van der Waals surface area contributed by atoms with Crippen molar-refractivity contribution in [1.82, 2.24) is 4.90 Å². The monoisotopic (exact) mass is 289 g/mol. The van der Waals surface area contributed by atoms with Crippen LogP contribution in [0.25, 0.3) is 0 Å². The van der Waals surface area contributed by atoms with Crippen molar-refractivity contribution in [3.05, 3.63) is 35.9 Å². The summed E-state index contributed by atoms with van der Waals surface area (Å²) in [5.41, 5.74) is 1.00. The Morgan fingerprint density at radius 2 is 2.05 bits per heavy atom. The van der Waals surface area contributed by atoms with Crippen LogP contribution >= 0.6 is 0 Å². The smallest absolute Gasteiger partial charge is 0.410 e. The third-order valence-electron chi connectivity index (χ3n) is 4.74. The van der Waals surface area contributed by atoms with Gasteiger partial charge in [0, 0.05) is 12.6 Å². The van der Waals surface area contributed by atoms with Crippen LogP contribution in [0.15, 0.2) is 30.3 Å². The summed E-state index contributed by atoms with van der Waals surface area (Å²) < 4.78 is 5.46. The van der Waals surface area contributed by atoms with E-state index in [1.54, 1.807) is 0 Å². The van der Waals surface area contributed by atoms with E-state index in [2.05, 4.69) is 0 Å². The first-order chi connectivity index (χ1) is 10.2. The fourth-order valence-electron chi connectivity index (χ4n) is 3.62. The van der Waals surface area contributed by atoms with E-state index in [4.69, 9.17) is 4.74 Å². The molecule has 3 atom stereocenters. The lowest BCUT2D eigenvalue weighted by Crippen LogP contribution is -2.52. The lowest BCUT2D eigenvalue weighted by Gasteiger charge is -2.44. The molecule has 1 heterocycles. The van der Waals surface area contributed by atoms with Gasteiger partial charge in [0.2, 0.25) is 0 Å². The molecule has 3 rings (SSSR count). The fourth-order valence-corrected chi connectivity index (χ4v) is 3.62. The Morgan fingerprint density at radius 1 is 1.24 bits per heavy atom. The maximum Gasteiger partial charge on any atom is 0.410 e. The predicted octanol–water partition coefficient (Wildman–Crippen LogP) is 2.95. The number of benzene rings is 1. The third kappa shape index (κ3) is 3.38. The Morgan fingerprint density at radius 3 is 2.86 bits per heavy atom. The average molecular weight is 289 g/mol. The van der Waals surface area contributed by atoms with Crippen molar-refractivity contribution in [2.24, 2.45) is 5.92 Å². The molecule has 21 heavy (non-hydrogen) atoms. The van der Waals surface area contributed by atoms with Crippen molar-refractivity contribution in [2.75, 3.05) is 6.54 Å². The molecule has 0 unspecified atom stereocenters. The SMILES string of the molecule is O=C(OCc1ccccc1)N1CCC[C@H]2CC[C@@H](O)C[C@H]21. The van der Waals surface area contributed by atoms with E-state index < -0.39 is 0 Å². The topological polar surface area (TPSA) is 49.8 Å². The van der Waals surface area contributed by atoms with Gasteiger partial charge >= 0.3 is 6.09 Å². The van der Waals surface area contributed by atoms with Crippen LogP contribution in [0.4, 0.5) is 4.79 Å². The molecule has 114 valence electrons. The summed E-state index contributed by atoms with van der Waals surface area (Å²) in [6.45, 7) is 1.07. The zero-order valence-corrected chi connectivity index (χ0v) is 12.3. The van der Waals surface area contributed by atoms with E-state index >= 15 is 0 Å². The summed E-state index contributed by atoms with van der Waals surface area (Å²) in [7, 11) is 0. The van der Waals surface area contributed by atoms with Gasteiger partial charge in [0.05, 0.1) is 6.10 Å². The number of ether oxygens (including phenoxy) is 1. The van der Waals surface area contributed by atoms with Crippen LogP contribution in [-0.4, -0.2) is 34.8 Å². The molecule has 2 fully saturated rings. The number of nitrogens with zero attached hydrogens (tertiary/aromatic N) is 1. The highest BCUT2D eigenvalue weighted by atomic mass is 16.6. The van der Waals surface area contributed by atoms with Gasteiger partial charge in [0.25, 0.3) is 0 Å². The van der Waals surface area contributed by atoms with E-state index in [1.165, 1.54) is 6.42 Å². The van der Waals surface area contributed by atoms with Gasteiger partial charge in [-0.15, -0.1) is 0 Å². The highest BCUT2D eigenvalue weighted by Crippen LogP contribution is 2.35. The quantitative estimate of drug-likeness (QED) is 0.910. The minimum Gasteiger partial charge on any atom is -0.445 e. The van der Waals surface area contributed by atoms with Crippen molar-refractivity contribution < 1.29 is 14.6 Å². The first-order valence-electron chi connectivity index (χ1n) is 7.89. The number of aliphatic hydroxyl groups excluding tert-OH is 1. The third-order valence-corrected chi connectivity index (χ3v) is 4.74. The molecule has 1 aromatic rings. The van der Waals surface area contributed by atoms with Crippen LogP contribution in [0.5, 0.6) is 0 Å². The molecule has 1 aromatic carbocycles. The van der Waals surface area contributed by atoms with Crippen LogP contribution < -0.4 is 0 Å². The first kappa shape index (κ1) is 14.4. The number of fused-ring (bicyclic) bond motifs is 1. The van der Waals surface area contributed by atoms with E-state index in [0.717, 1.165) is 31.4 Å². The standard InChI is InChI=1S/C17H23NO3/c19-15-9-8-14-7-4-10-18(16(14)11-15)17(20)21-12-13-5-2-1-3-6-13/h1-3,5-6,14-16,19H,4,7-12H2/t14-,15+,16+/m0/s1. The van der Waals surface area contributed by atoms with Gasteiger partial charge in [0.15, 0.2) is 0 Å². The van der Waals surface area contributed by atoms with Crippen LogP contribution in [0.1, 0.15) is 37.7 Å². The van der Waals surface area contributed by atoms with Crippen molar-refractivity contribution >= 4 is 6.09 Å². The molecular weight excluding hydrogens is 266 g/mol. The largest absolute Gasteiger partial charge is 0.445 e. The van der Waals surface area contributed by atoms with Crippen molar-refractivity contribution in [3.63, 3.8) is 0 Å². The van der Waals surface area contributed by atoms with Crippen LogP contribution in [0, 0.1) is 5.92 Å². The molecule has 1 saturated heterocycles.